The number of hydrogen-bond donors (Lipinski definition) is 0. The van der Waals surface area contributed by atoms with Crippen LogP contribution in [-0.2, 0) is 15.7 Å². The molecule has 1 aromatic heterocycles. The van der Waals surface area contributed by atoms with Crippen LogP contribution in [0.1, 0.15) is 47.1 Å². The van der Waals surface area contributed by atoms with Crippen molar-refractivity contribution in [1.82, 2.24) is 4.98 Å². The normalized spacial score (nSPS) is 20.7. The van der Waals surface area contributed by atoms with Gasteiger partial charge in [-0.15, -0.1) is 0 Å². The van der Waals surface area contributed by atoms with E-state index in [9.17, 15) is 0 Å². The van der Waals surface area contributed by atoms with Crippen molar-refractivity contribution in [2.24, 2.45) is 5.92 Å². The summed E-state index contributed by atoms with van der Waals surface area (Å²) in [4.78, 5) is 4.20. The molecule has 110 valence electrons. The van der Waals surface area contributed by atoms with Gasteiger partial charge in [0, 0.05) is 17.9 Å². The van der Waals surface area contributed by atoms with Gasteiger partial charge in [-0.2, -0.15) is 0 Å². The van der Waals surface area contributed by atoms with Crippen molar-refractivity contribution in [1.29, 1.82) is 0 Å². The highest BCUT2D eigenvalue weighted by molar-refractivity contribution is 6.66. The maximum absolute atomic E-state index is 6.36. The van der Waals surface area contributed by atoms with Crippen LogP contribution in [0.3, 0.4) is 0 Å². The van der Waals surface area contributed by atoms with Crippen LogP contribution in [0.2, 0.25) is 5.02 Å². The van der Waals surface area contributed by atoms with Crippen molar-refractivity contribution < 1.29 is 9.31 Å². The lowest BCUT2D eigenvalue weighted by atomic mass is 9.75. The van der Waals surface area contributed by atoms with Crippen LogP contribution in [0.15, 0.2) is 12.4 Å². The molecule has 1 aromatic rings. The van der Waals surface area contributed by atoms with Gasteiger partial charge in [0.1, 0.15) is 0 Å². The lowest BCUT2D eigenvalue weighted by Crippen LogP contribution is -2.41. The Bertz CT molecular complexity index is 487. The Morgan fingerprint density at radius 1 is 1.15 bits per heavy atom. The minimum atomic E-state index is -0.427. The Hall–Kier alpha value is -0.575. The van der Waals surface area contributed by atoms with Gasteiger partial charge in [0.2, 0.25) is 0 Å². The zero-order chi connectivity index (χ0) is 15.1. The summed E-state index contributed by atoms with van der Waals surface area (Å²) in [7, 11) is -0.427. The lowest BCUT2D eigenvalue weighted by molar-refractivity contribution is 0.00578. The van der Waals surface area contributed by atoms with E-state index in [-0.39, 0.29) is 11.2 Å². The van der Waals surface area contributed by atoms with Gasteiger partial charge in [0.05, 0.1) is 16.2 Å². The fourth-order valence-electron chi connectivity index (χ4n) is 2.31. The van der Waals surface area contributed by atoms with Gasteiger partial charge >= 0.3 is 7.12 Å². The highest BCUT2D eigenvalue weighted by Gasteiger charge is 2.52. The van der Waals surface area contributed by atoms with Crippen molar-refractivity contribution in [3.8, 4) is 0 Å². The predicted molar refractivity (Wildman–Crippen MR) is 83.5 cm³/mol. The van der Waals surface area contributed by atoms with E-state index in [1.807, 2.05) is 33.9 Å². The Morgan fingerprint density at radius 2 is 1.70 bits per heavy atom. The largest absolute Gasteiger partial charge is 0.496 e. The molecule has 0 atom stereocenters. The van der Waals surface area contributed by atoms with Crippen LogP contribution in [-0.4, -0.2) is 23.3 Å². The summed E-state index contributed by atoms with van der Waals surface area (Å²) in [5.74, 6) is 0.524. The summed E-state index contributed by atoms with van der Waals surface area (Å²) in [6, 6.07) is 0. The summed E-state index contributed by atoms with van der Waals surface area (Å²) in [6.45, 7) is 12.5. The maximum atomic E-state index is 6.36. The Balaban J connectivity index is 2.39. The first-order valence-electron chi connectivity index (χ1n) is 7.12. The molecule has 0 N–H and O–H groups in total. The lowest BCUT2D eigenvalue weighted by Gasteiger charge is -2.32. The summed E-state index contributed by atoms with van der Waals surface area (Å²) in [5, 5.41) is 0.613. The second-order valence-electron chi connectivity index (χ2n) is 6.88. The number of hydrogen-bond acceptors (Lipinski definition) is 3. The van der Waals surface area contributed by atoms with Gasteiger partial charge in [-0.05, 0) is 45.6 Å². The maximum Gasteiger partial charge on any atom is 0.496 e. The van der Waals surface area contributed by atoms with Gasteiger partial charge in [-0.1, -0.05) is 25.4 Å². The number of nitrogens with zero attached hydrogens (tertiary/aromatic N) is 1. The summed E-state index contributed by atoms with van der Waals surface area (Å²) >= 11 is 6.36. The molecular formula is C15H23BClNO2. The molecule has 5 heteroatoms. The first-order valence-corrected chi connectivity index (χ1v) is 7.50. The molecule has 0 spiro atoms. The van der Waals surface area contributed by atoms with Crippen LogP contribution >= 0.6 is 11.6 Å². The Morgan fingerprint density at radius 3 is 2.20 bits per heavy atom. The molecule has 0 aromatic carbocycles. The molecule has 2 rings (SSSR count). The average Bonchev–Trinajstić information content (AvgIpc) is 2.46. The van der Waals surface area contributed by atoms with Gasteiger partial charge in [-0.25, -0.2) is 0 Å². The Kier molecular flexibility index (Phi) is 4.21. The number of rotatable bonds is 3. The van der Waals surface area contributed by atoms with Gasteiger partial charge in [-0.3, -0.25) is 4.98 Å². The first-order chi connectivity index (χ1) is 9.14. The van der Waals surface area contributed by atoms with Gasteiger partial charge in [0.25, 0.3) is 0 Å². The smallest absolute Gasteiger partial charge is 0.399 e. The topological polar surface area (TPSA) is 31.4 Å². The van der Waals surface area contributed by atoms with Crippen LogP contribution < -0.4 is 5.46 Å². The second kappa shape index (κ2) is 5.32. The molecule has 0 saturated carbocycles. The zero-order valence-corrected chi connectivity index (χ0v) is 13.9. The third-order valence-corrected chi connectivity index (χ3v) is 4.44. The van der Waals surface area contributed by atoms with Crippen molar-refractivity contribution >= 4 is 24.2 Å². The third-order valence-electron chi connectivity index (χ3n) is 4.14. The SMILES string of the molecule is CC(C)Cc1cncc(Cl)c1B1OC(C)(C)C(C)(C)O1. The molecule has 20 heavy (non-hydrogen) atoms. The highest BCUT2D eigenvalue weighted by Crippen LogP contribution is 2.37. The van der Waals surface area contributed by atoms with E-state index in [0.717, 1.165) is 17.4 Å². The summed E-state index contributed by atoms with van der Waals surface area (Å²) < 4.78 is 12.2. The molecule has 0 bridgehead atoms. The molecule has 1 fully saturated rings. The zero-order valence-electron chi connectivity index (χ0n) is 13.2. The van der Waals surface area contributed by atoms with E-state index in [1.54, 1.807) is 6.20 Å². The standard InChI is InChI=1S/C15H23BClNO2/c1-10(2)7-11-8-18-9-12(17)13(11)16-19-14(3,4)15(5,6)20-16/h8-10H,7H2,1-6H3. The minimum absolute atomic E-state index is 0.362. The van der Waals surface area contributed by atoms with E-state index in [2.05, 4.69) is 18.8 Å². The van der Waals surface area contributed by atoms with Crippen LogP contribution in [0.5, 0.6) is 0 Å². The summed E-state index contributed by atoms with van der Waals surface area (Å²) in [5.41, 5.74) is 1.30. The third kappa shape index (κ3) is 2.88. The van der Waals surface area contributed by atoms with E-state index in [1.165, 1.54) is 0 Å². The van der Waals surface area contributed by atoms with E-state index in [4.69, 9.17) is 20.9 Å². The molecule has 1 aliphatic heterocycles. The van der Waals surface area contributed by atoms with Crippen molar-refractivity contribution in [2.75, 3.05) is 0 Å². The summed E-state index contributed by atoms with van der Waals surface area (Å²) in [6.07, 6.45) is 4.44. The van der Waals surface area contributed by atoms with E-state index in [0.29, 0.717) is 10.9 Å². The van der Waals surface area contributed by atoms with Crippen molar-refractivity contribution in [3.63, 3.8) is 0 Å². The van der Waals surface area contributed by atoms with Crippen molar-refractivity contribution in [3.05, 3.63) is 23.0 Å². The Labute approximate surface area is 127 Å². The molecule has 0 unspecified atom stereocenters. The highest BCUT2D eigenvalue weighted by atomic mass is 35.5. The molecule has 2 heterocycles. The number of halogens is 1. The molecule has 1 saturated heterocycles. The average molecular weight is 296 g/mol. The number of aromatic nitrogens is 1. The molecule has 0 amide bonds. The minimum Gasteiger partial charge on any atom is -0.399 e. The molecule has 3 nitrogen and oxygen atoms in total. The van der Waals surface area contributed by atoms with Gasteiger partial charge < -0.3 is 9.31 Å². The molecule has 0 radical (unpaired) electrons. The van der Waals surface area contributed by atoms with Gasteiger partial charge in [0.15, 0.2) is 0 Å². The second-order valence-corrected chi connectivity index (χ2v) is 7.29. The first kappa shape index (κ1) is 15.8. The fourth-order valence-corrected chi connectivity index (χ4v) is 2.58. The van der Waals surface area contributed by atoms with Crippen LogP contribution in [0.4, 0.5) is 0 Å². The molecule has 1 aliphatic rings. The quantitative estimate of drug-likeness (QED) is 0.802. The molecular weight excluding hydrogens is 272 g/mol. The van der Waals surface area contributed by atoms with Crippen LogP contribution in [0, 0.1) is 5.92 Å². The van der Waals surface area contributed by atoms with Crippen molar-refractivity contribution in [2.45, 2.75) is 59.2 Å². The monoisotopic (exact) mass is 295 g/mol. The van der Waals surface area contributed by atoms with E-state index < -0.39 is 7.12 Å². The van der Waals surface area contributed by atoms with E-state index >= 15 is 0 Å². The number of pyridine rings is 1. The predicted octanol–water partition coefficient (Wildman–Crippen LogP) is 3.23. The molecule has 0 aliphatic carbocycles. The van der Waals surface area contributed by atoms with Crippen LogP contribution in [0.25, 0.3) is 0 Å². The fraction of sp³-hybridized carbons (Fsp3) is 0.667.